The molecule has 0 bridgehead atoms. The van der Waals surface area contributed by atoms with Gasteiger partial charge in [0.2, 0.25) is 0 Å². The van der Waals surface area contributed by atoms with Gasteiger partial charge in [-0.3, -0.25) is 4.79 Å². The number of nitrogens with one attached hydrogen (secondary N) is 1. The molecule has 1 aromatic rings. The van der Waals surface area contributed by atoms with Gasteiger partial charge >= 0.3 is 0 Å². The van der Waals surface area contributed by atoms with Crippen molar-refractivity contribution in [3.8, 4) is 0 Å². The van der Waals surface area contributed by atoms with Gasteiger partial charge in [-0.15, -0.1) is 0 Å². The van der Waals surface area contributed by atoms with Crippen molar-refractivity contribution in [2.45, 2.75) is 11.3 Å². The maximum Gasteiger partial charge on any atom is 0.262 e. The highest BCUT2D eigenvalue weighted by Gasteiger charge is 2.17. The highest BCUT2D eigenvalue weighted by Crippen LogP contribution is 2.25. The number of methoxy groups -OCH3 is 1. The smallest absolute Gasteiger partial charge is 0.262 e. The highest BCUT2D eigenvalue weighted by molar-refractivity contribution is 8.13. The molecule has 1 aromatic carbocycles. The molecule has 106 valence electrons. The van der Waals surface area contributed by atoms with Gasteiger partial charge in [0, 0.05) is 36.5 Å². The van der Waals surface area contributed by atoms with E-state index in [4.69, 9.17) is 27.0 Å². The largest absolute Gasteiger partial charge is 0.385 e. The van der Waals surface area contributed by atoms with Crippen LogP contribution < -0.4 is 5.32 Å². The van der Waals surface area contributed by atoms with Gasteiger partial charge in [-0.25, -0.2) is 8.42 Å². The Balaban J connectivity index is 2.82. The first-order valence-corrected chi connectivity index (χ1v) is 8.06. The molecule has 0 spiro atoms. The average Bonchev–Trinajstić information content (AvgIpc) is 2.33. The summed E-state index contributed by atoms with van der Waals surface area (Å²) in [6.45, 7) is 0.959. The molecule has 8 heteroatoms. The number of amides is 1. The minimum Gasteiger partial charge on any atom is -0.385 e. The van der Waals surface area contributed by atoms with E-state index in [1.54, 1.807) is 7.11 Å². The maximum absolute atomic E-state index is 11.8. The second-order valence-corrected chi connectivity index (χ2v) is 6.63. The minimum atomic E-state index is -3.98. The molecule has 0 aliphatic rings. The van der Waals surface area contributed by atoms with E-state index in [2.05, 4.69) is 5.32 Å². The third-order valence-electron chi connectivity index (χ3n) is 2.27. The summed E-state index contributed by atoms with van der Waals surface area (Å²) in [6, 6.07) is 3.90. The van der Waals surface area contributed by atoms with Gasteiger partial charge in [0.25, 0.3) is 15.0 Å². The van der Waals surface area contributed by atoms with Crippen LogP contribution in [-0.2, 0) is 13.8 Å². The Morgan fingerprint density at radius 3 is 2.68 bits per heavy atom. The molecule has 1 amide bonds. The zero-order valence-electron chi connectivity index (χ0n) is 10.2. The van der Waals surface area contributed by atoms with Gasteiger partial charge in [-0.05, 0) is 24.6 Å². The van der Waals surface area contributed by atoms with Crippen molar-refractivity contribution < 1.29 is 17.9 Å². The van der Waals surface area contributed by atoms with Gasteiger partial charge in [-0.2, -0.15) is 0 Å². The van der Waals surface area contributed by atoms with Crippen molar-refractivity contribution in [1.29, 1.82) is 0 Å². The zero-order chi connectivity index (χ0) is 14.5. The van der Waals surface area contributed by atoms with Crippen LogP contribution in [0.1, 0.15) is 16.8 Å². The van der Waals surface area contributed by atoms with E-state index < -0.39 is 15.0 Å². The first-order valence-electron chi connectivity index (χ1n) is 5.37. The molecule has 0 heterocycles. The van der Waals surface area contributed by atoms with Crippen LogP contribution in [-0.4, -0.2) is 34.6 Å². The van der Waals surface area contributed by atoms with E-state index in [1.165, 1.54) is 12.1 Å². The van der Waals surface area contributed by atoms with Crippen molar-refractivity contribution in [1.82, 2.24) is 5.32 Å². The molecule has 0 aromatic heterocycles. The topological polar surface area (TPSA) is 72.5 Å². The minimum absolute atomic E-state index is 0.0223. The van der Waals surface area contributed by atoms with Crippen molar-refractivity contribution in [3.63, 3.8) is 0 Å². The first-order chi connectivity index (χ1) is 8.86. The Morgan fingerprint density at radius 2 is 2.11 bits per heavy atom. The molecule has 0 unspecified atom stereocenters. The molecule has 19 heavy (non-hydrogen) atoms. The van der Waals surface area contributed by atoms with E-state index in [0.29, 0.717) is 19.6 Å². The second-order valence-electron chi connectivity index (χ2n) is 3.69. The van der Waals surface area contributed by atoms with Gasteiger partial charge in [0.1, 0.15) is 4.90 Å². The Labute approximate surface area is 121 Å². The number of hydrogen-bond acceptors (Lipinski definition) is 4. The quantitative estimate of drug-likeness (QED) is 0.641. The van der Waals surface area contributed by atoms with Crippen molar-refractivity contribution >= 4 is 37.2 Å². The third-order valence-corrected chi connectivity index (χ3v) is 4.07. The lowest BCUT2D eigenvalue weighted by molar-refractivity contribution is 0.0948. The predicted molar refractivity (Wildman–Crippen MR) is 73.3 cm³/mol. The summed E-state index contributed by atoms with van der Waals surface area (Å²) in [5, 5.41) is 2.61. The molecule has 5 nitrogen and oxygen atoms in total. The lowest BCUT2D eigenvalue weighted by Gasteiger charge is -2.07. The highest BCUT2D eigenvalue weighted by atomic mass is 35.7. The van der Waals surface area contributed by atoms with Crippen LogP contribution in [0.2, 0.25) is 5.02 Å². The molecule has 1 N–H and O–H groups in total. The van der Waals surface area contributed by atoms with Crippen LogP contribution in [0.3, 0.4) is 0 Å². The number of carbonyl (C=O) groups is 1. The van der Waals surface area contributed by atoms with Crippen molar-refractivity contribution in [2.24, 2.45) is 0 Å². The number of hydrogen-bond donors (Lipinski definition) is 1. The average molecular weight is 326 g/mol. The van der Waals surface area contributed by atoms with Crippen LogP contribution in [0.5, 0.6) is 0 Å². The number of halogens is 2. The van der Waals surface area contributed by atoms with Crippen LogP contribution in [0.4, 0.5) is 0 Å². The molecule has 0 aliphatic heterocycles. The Bertz CT molecular complexity index is 560. The Hall–Kier alpha value is -0.820. The monoisotopic (exact) mass is 325 g/mol. The van der Waals surface area contributed by atoms with E-state index in [0.717, 1.165) is 6.07 Å². The summed E-state index contributed by atoms with van der Waals surface area (Å²) < 4.78 is 27.4. The molecule has 0 fully saturated rings. The van der Waals surface area contributed by atoms with Crippen LogP contribution in [0.15, 0.2) is 23.1 Å². The fourth-order valence-electron chi connectivity index (χ4n) is 1.35. The Kier molecular flexibility index (Phi) is 6.06. The lowest BCUT2D eigenvalue weighted by atomic mass is 10.2. The first kappa shape index (κ1) is 16.2. The summed E-state index contributed by atoms with van der Waals surface area (Å²) in [4.78, 5) is 11.5. The molecule has 1 rings (SSSR count). The fourth-order valence-corrected chi connectivity index (χ4v) is 2.84. The SMILES string of the molecule is COCCCNC(=O)c1ccc(Cl)c(S(=O)(=O)Cl)c1. The Morgan fingerprint density at radius 1 is 1.42 bits per heavy atom. The number of ether oxygens (including phenoxy) is 1. The van der Waals surface area contributed by atoms with Gasteiger partial charge in [0.05, 0.1) is 5.02 Å². The summed E-state index contributed by atoms with van der Waals surface area (Å²) in [5.41, 5.74) is 0.182. The summed E-state index contributed by atoms with van der Waals surface area (Å²) in [6.07, 6.45) is 0.663. The summed E-state index contributed by atoms with van der Waals surface area (Å²) in [7, 11) is 2.82. The van der Waals surface area contributed by atoms with E-state index in [1.807, 2.05) is 0 Å². The van der Waals surface area contributed by atoms with E-state index in [-0.39, 0.29) is 15.5 Å². The van der Waals surface area contributed by atoms with Crippen molar-refractivity contribution in [3.05, 3.63) is 28.8 Å². The van der Waals surface area contributed by atoms with Crippen LogP contribution in [0.25, 0.3) is 0 Å². The van der Waals surface area contributed by atoms with Crippen molar-refractivity contribution in [2.75, 3.05) is 20.3 Å². The fraction of sp³-hybridized carbons (Fsp3) is 0.364. The predicted octanol–water partition coefficient (Wildman–Crippen LogP) is 2.03. The number of rotatable bonds is 6. The molecule has 0 aliphatic carbocycles. The number of carbonyl (C=O) groups excluding carboxylic acids is 1. The summed E-state index contributed by atoms with van der Waals surface area (Å²) in [5.74, 6) is -0.394. The normalized spacial score (nSPS) is 11.3. The maximum atomic E-state index is 11.8. The lowest BCUT2D eigenvalue weighted by Crippen LogP contribution is -2.25. The summed E-state index contributed by atoms with van der Waals surface area (Å²) >= 11 is 5.72. The molecule has 0 saturated carbocycles. The van der Waals surface area contributed by atoms with Gasteiger partial charge < -0.3 is 10.1 Å². The molecule has 0 atom stereocenters. The van der Waals surface area contributed by atoms with E-state index >= 15 is 0 Å². The molecule has 0 saturated heterocycles. The van der Waals surface area contributed by atoms with Crippen LogP contribution >= 0.6 is 22.3 Å². The third kappa shape index (κ3) is 4.99. The second kappa shape index (κ2) is 7.09. The number of benzene rings is 1. The molecular weight excluding hydrogens is 313 g/mol. The van der Waals surface area contributed by atoms with Gasteiger partial charge in [-0.1, -0.05) is 11.6 Å². The molecule has 0 radical (unpaired) electrons. The van der Waals surface area contributed by atoms with Crippen LogP contribution in [0, 0.1) is 0 Å². The zero-order valence-corrected chi connectivity index (χ0v) is 12.5. The molecular formula is C11H13Cl2NO4S. The van der Waals surface area contributed by atoms with Gasteiger partial charge in [0.15, 0.2) is 0 Å². The standard InChI is InChI=1S/C11H13Cl2NO4S/c1-18-6-2-5-14-11(15)8-3-4-9(12)10(7-8)19(13,16)17/h3-4,7H,2,5-6H2,1H3,(H,14,15). The van der Waals surface area contributed by atoms with E-state index in [9.17, 15) is 13.2 Å².